The van der Waals surface area contributed by atoms with E-state index in [4.69, 9.17) is 0 Å². The van der Waals surface area contributed by atoms with Gasteiger partial charge in [-0.3, -0.25) is 0 Å². The van der Waals surface area contributed by atoms with Gasteiger partial charge >= 0.3 is 0 Å². The average Bonchev–Trinajstić information content (AvgIpc) is 2.05. The van der Waals surface area contributed by atoms with E-state index in [0.29, 0.717) is 0 Å². The van der Waals surface area contributed by atoms with E-state index in [1.54, 1.807) is 0 Å². The molecule has 1 N–H and O–H groups in total. The van der Waals surface area contributed by atoms with Crippen molar-refractivity contribution in [1.82, 2.24) is 5.32 Å². The van der Waals surface area contributed by atoms with Crippen LogP contribution in [0.25, 0.3) is 0 Å². The molecule has 1 unspecified atom stereocenters. The van der Waals surface area contributed by atoms with Gasteiger partial charge < -0.3 is 5.32 Å². The minimum absolute atomic E-state index is 0.731. The zero-order valence-corrected chi connectivity index (χ0v) is 8.06. The second kappa shape index (κ2) is 7.80. The maximum atomic E-state index is 3.36. The Morgan fingerprint density at radius 3 is 2.45 bits per heavy atom. The standard InChI is InChI=1S/C10H21N/c1-4-7-8-10(5-2)9-11-6-3/h7-8,10-11H,4-6,9H2,1-3H3. The highest BCUT2D eigenvalue weighted by Gasteiger charge is 1.98. The largest absolute Gasteiger partial charge is 0.316 e. The molecule has 0 amide bonds. The third-order valence-corrected chi connectivity index (χ3v) is 1.82. The van der Waals surface area contributed by atoms with Crippen LogP contribution in [0.15, 0.2) is 12.2 Å². The molecule has 11 heavy (non-hydrogen) atoms. The molecule has 0 bridgehead atoms. The van der Waals surface area contributed by atoms with Crippen LogP contribution in [0, 0.1) is 5.92 Å². The highest BCUT2D eigenvalue weighted by Crippen LogP contribution is 2.02. The van der Waals surface area contributed by atoms with Crippen LogP contribution in [-0.4, -0.2) is 13.1 Å². The van der Waals surface area contributed by atoms with Gasteiger partial charge in [0.1, 0.15) is 0 Å². The number of rotatable bonds is 6. The molecular formula is C10H21N. The fourth-order valence-electron chi connectivity index (χ4n) is 1.01. The van der Waals surface area contributed by atoms with Crippen molar-refractivity contribution in [3.8, 4) is 0 Å². The third kappa shape index (κ3) is 6.11. The molecule has 0 rings (SSSR count). The minimum Gasteiger partial charge on any atom is -0.316 e. The SMILES string of the molecule is CCC=CC(CC)CNCC. The van der Waals surface area contributed by atoms with Gasteiger partial charge in [-0.15, -0.1) is 0 Å². The predicted molar refractivity (Wildman–Crippen MR) is 51.8 cm³/mol. The van der Waals surface area contributed by atoms with E-state index in [1.165, 1.54) is 6.42 Å². The van der Waals surface area contributed by atoms with Gasteiger partial charge in [-0.25, -0.2) is 0 Å². The topological polar surface area (TPSA) is 12.0 Å². The first-order chi connectivity index (χ1) is 5.35. The number of hydrogen-bond donors (Lipinski definition) is 1. The fraction of sp³-hybridized carbons (Fsp3) is 0.800. The van der Waals surface area contributed by atoms with Crippen molar-refractivity contribution in [3.63, 3.8) is 0 Å². The lowest BCUT2D eigenvalue weighted by Gasteiger charge is -2.09. The van der Waals surface area contributed by atoms with Crippen LogP contribution < -0.4 is 5.32 Å². The summed E-state index contributed by atoms with van der Waals surface area (Å²) >= 11 is 0. The molecule has 0 heterocycles. The summed E-state index contributed by atoms with van der Waals surface area (Å²) in [7, 11) is 0. The molecule has 0 fully saturated rings. The van der Waals surface area contributed by atoms with Crippen LogP contribution in [0.2, 0.25) is 0 Å². The zero-order valence-electron chi connectivity index (χ0n) is 8.06. The summed E-state index contributed by atoms with van der Waals surface area (Å²) in [4.78, 5) is 0. The lowest BCUT2D eigenvalue weighted by molar-refractivity contribution is 0.555. The molecule has 0 aromatic rings. The van der Waals surface area contributed by atoms with Crippen molar-refractivity contribution < 1.29 is 0 Å². The Balaban J connectivity index is 3.48. The number of nitrogens with one attached hydrogen (secondary N) is 1. The monoisotopic (exact) mass is 155 g/mol. The van der Waals surface area contributed by atoms with E-state index in [-0.39, 0.29) is 0 Å². The molecular weight excluding hydrogens is 134 g/mol. The van der Waals surface area contributed by atoms with E-state index < -0.39 is 0 Å². The molecule has 0 aliphatic carbocycles. The van der Waals surface area contributed by atoms with Crippen molar-refractivity contribution in [2.24, 2.45) is 5.92 Å². The fourth-order valence-corrected chi connectivity index (χ4v) is 1.01. The van der Waals surface area contributed by atoms with Crippen molar-refractivity contribution >= 4 is 0 Å². The highest BCUT2D eigenvalue weighted by molar-refractivity contribution is 4.87. The molecule has 0 radical (unpaired) electrons. The third-order valence-electron chi connectivity index (χ3n) is 1.82. The Kier molecular flexibility index (Phi) is 7.59. The van der Waals surface area contributed by atoms with Gasteiger partial charge in [0.2, 0.25) is 0 Å². The molecule has 0 saturated heterocycles. The maximum absolute atomic E-state index is 3.36. The average molecular weight is 155 g/mol. The van der Waals surface area contributed by atoms with Crippen molar-refractivity contribution in [2.75, 3.05) is 13.1 Å². The molecule has 0 aliphatic rings. The van der Waals surface area contributed by atoms with E-state index in [9.17, 15) is 0 Å². The van der Waals surface area contributed by atoms with E-state index >= 15 is 0 Å². The molecule has 0 saturated carbocycles. The van der Waals surface area contributed by atoms with Crippen LogP contribution >= 0.6 is 0 Å². The Morgan fingerprint density at radius 1 is 1.27 bits per heavy atom. The number of allylic oxidation sites excluding steroid dienone is 1. The van der Waals surface area contributed by atoms with Crippen LogP contribution in [0.3, 0.4) is 0 Å². The number of hydrogen-bond acceptors (Lipinski definition) is 1. The molecule has 1 atom stereocenters. The van der Waals surface area contributed by atoms with Gasteiger partial charge in [-0.1, -0.05) is 32.9 Å². The van der Waals surface area contributed by atoms with Crippen molar-refractivity contribution in [2.45, 2.75) is 33.6 Å². The van der Waals surface area contributed by atoms with E-state index in [2.05, 4.69) is 38.2 Å². The van der Waals surface area contributed by atoms with Gasteiger partial charge in [-0.05, 0) is 25.3 Å². The lowest BCUT2D eigenvalue weighted by atomic mass is 10.1. The normalized spacial score (nSPS) is 14.1. The summed E-state index contributed by atoms with van der Waals surface area (Å²) in [6.07, 6.45) is 6.97. The van der Waals surface area contributed by atoms with Gasteiger partial charge in [0, 0.05) is 6.54 Å². The molecule has 0 spiro atoms. The quantitative estimate of drug-likeness (QED) is 0.581. The van der Waals surface area contributed by atoms with Gasteiger partial charge in [0.05, 0.1) is 0 Å². The summed E-state index contributed by atoms with van der Waals surface area (Å²) < 4.78 is 0. The van der Waals surface area contributed by atoms with Gasteiger partial charge in [0.25, 0.3) is 0 Å². The van der Waals surface area contributed by atoms with E-state index in [0.717, 1.165) is 25.4 Å². The summed E-state index contributed by atoms with van der Waals surface area (Å²) in [5, 5.41) is 3.36. The zero-order chi connectivity index (χ0) is 8.53. The van der Waals surface area contributed by atoms with Crippen LogP contribution in [0.1, 0.15) is 33.6 Å². The minimum atomic E-state index is 0.731. The summed E-state index contributed by atoms with van der Waals surface area (Å²) in [5.41, 5.74) is 0. The molecule has 1 nitrogen and oxygen atoms in total. The second-order valence-electron chi connectivity index (χ2n) is 2.81. The Morgan fingerprint density at radius 2 is 2.00 bits per heavy atom. The molecule has 66 valence electrons. The first-order valence-corrected chi connectivity index (χ1v) is 4.72. The van der Waals surface area contributed by atoms with Crippen molar-refractivity contribution in [1.29, 1.82) is 0 Å². The van der Waals surface area contributed by atoms with Crippen LogP contribution in [0.5, 0.6) is 0 Å². The van der Waals surface area contributed by atoms with Crippen LogP contribution in [0.4, 0.5) is 0 Å². The smallest absolute Gasteiger partial charge is 0.00139 e. The first-order valence-electron chi connectivity index (χ1n) is 4.72. The second-order valence-corrected chi connectivity index (χ2v) is 2.81. The predicted octanol–water partition coefficient (Wildman–Crippen LogP) is 2.59. The maximum Gasteiger partial charge on any atom is 0.00139 e. The molecule has 0 aromatic heterocycles. The highest BCUT2D eigenvalue weighted by atomic mass is 14.8. The van der Waals surface area contributed by atoms with Crippen molar-refractivity contribution in [3.05, 3.63) is 12.2 Å². The summed E-state index contributed by atoms with van der Waals surface area (Å²) in [5.74, 6) is 0.731. The van der Waals surface area contributed by atoms with Gasteiger partial charge in [-0.2, -0.15) is 0 Å². The summed E-state index contributed by atoms with van der Waals surface area (Å²) in [6.45, 7) is 8.77. The molecule has 0 aliphatic heterocycles. The Bertz CT molecular complexity index is 97.0. The molecule has 1 heteroatoms. The Labute approximate surface area is 70.9 Å². The van der Waals surface area contributed by atoms with Gasteiger partial charge in [0.15, 0.2) is 0 Å². The molecule has 0 aromatic carbocycles. The first kappa shape index (κ1) is 10.7. The lowest BCUT2D eigenvalue weighted by Crippen LogP contribution is -2.20. The summed E-state index contributed by atoms with van der Waals surface area (Å²) in [6, 6.07) is 0. The van der Waals surface area contributed by atoms with E-state index in [1.807, 2.05) is 0 Å². The Hall–Kier alpha value is -0.300. The van der Waals surface area contributed by atoms with Crippen LogP contribution in [-0.2, 0) is 0 Å².